The third kappa shape index (κ3) is 3.05. The highest BCUT2D eigenvalue weighted by molar-refractivity contribution is 6.25. The molecule has 4 aromatic rings. The first-order chi connectivity index (χ1) is 21.0. The summed E-state index contributed by atoms with van der Waals surface area (Å²) in [5, 5.41) is 44.4. The third-order valence-electron chi connectivity index (χ3n) is 8.70. The summed E-state index contributed by atoms with van der Waals surface area (Å²) in [5.41, 5.74) is -8.78. The second kappa shape index (κ2) is 9.71. The van der Waals surface area contributed by atoms with Gasteiger partial charge >= 0.3 is 0 Å². The number of benzene rings is 4. The maximum atomic E-state index is 15.3. The molecule has 0 aromatic heterocycles. The zero-order chi connectivity index (χ0) is 30.3. The molecule has 3 heterocycles. The Morgan fingerprint density at radius 1 is 0.512 bits per heavy atom. The molecule has 2 bridgehead atoms. The highest BCUT2D eigenvalue weighted by Crippen LogP contribution is 2.72. The van der Waals surface area contributed by atoms with Crippen LogP contribution in [0.3, 0.4) is 0 Å². The van der Waals surface area contributed by atoms with E-state index in [0.29, 0.717) is 16.9 Å². The second-order valence-electron chi connectivity index (χ2n) is 10.5. The molecule has 3 fully saturated rings. The van der Waals surface area contributed by atoms with Crippen molar-refractivity contribution < 1.29 is 9.59 Å². The van der Waals surface area contributed by atoms with Gasteiger partial charge in [0.05, 0.1) is 24.3 Å². The lowest BCUT2D eigenvalue weighted by molar-refractivity contribution is -0.170. The molecule has 3 saturated heterocycles. The van der Waals surface area contributed by atoms with Crippen LogP contribution in [0.25, 0.3) is 0 Å². The Bertz CT molecular complexity index is 1810. The van der Waals surface area contributed by atoms with Crippen LogP contribution in [-0.2, 0) is 21.7 Å². The van der Waals surface area contributed by atoms with Gasteiger partial charge < -0.3 is 0 Å². The van der Waals surface area contributed by atoms with Gasteiger partial charge in [-0.05, 0) is 36.2 Å². The molecule has 0 aliphatic carbocycles. The van der Waals surface area contributed by atoms with Crippen molar-refractivity contribution in [2.75, 3.05) is 9.80 Å². The molecule has 4 aromatic carbocycles. The summed E-state index contributed by atoms with van der Waals surface area (Å²) in [6.45, 7) is 0. The fourth-order valence-corrected chi connectivity index (χ4v) is 6.93. The van der Waals surface area contributed by atoms with Crippen LogP contribution in [0.1, 0.15) is 11.1 Å². The number of hydrogen-bond donors (Lipinski definition) is 0. The first-order valence-corrected chi connectivity index (χ1v) is 13.5. The Morgan fingerprint density at radius 2 is 0.884 bits per heavy atom. The molecule has 43 heavy (non-hydrogen) atoms. The van der Waals surface area contributed by atoms with E-state index in [-0.39, 0.29) is 5.56 Å². The summed E-state index contributed by atoms with van der Waals surface area (Å²) in [7, 11) is 0. The summed E-state index contributed by atoms with van der Waals surface area (Å²) in [6, 6.07) is 41.8. The van der Waals surface area contributed by atoms with Crippen molar-refractivity contribution in [3.63, 3.8) is 0 Å². The highest BCUT2D eigenvalue weighted by atomic mass is 16.2. The van der Waals surface area contributed by atoms with Gasteiger partial charge in [0.25, 0.3) is 0 Å². The Morgan fingerprint density at radius 3 is 1.28 bits per heavy atom. The van der Waals surface area contributed by atoms with Crippen molar-refractivity contribution in [2.24, 2.45) is 16.2 Å². The van der Waals surface area contributed by atoms with Crippen LogP contribution in [0.15, 0.2) is 121 Å². The van der Waals surface area contributed by atoms with Crippen LogP contribution in [0.2, 0.25) is 0 Å². The summed E-state index contributed by atoms with van der Waals surface area (Å²) in [5.74, 6) is -1.68. The number of piperidine rings is 2. The van der Waals surface area contributed by atoms with Crippen LogP contribution < -0.4 is 9.80 Å². The number of nitrogens with zero attached hydrogens (tertiary/aromatic N) is 6. The van der Waals surface area contributed by atoms with Crippen molar-refractivity contribution >= 4 is 23.2 Å². The molecule has 0 N–H and O–H groups in total. The average Bonchev–Trinajstić information content (AvgIpc) is 3.07. The van der Waals surface area contributed by atoms with E-state index in [1.54, 1.807) is 121 Å². The maximum Gasteiger partial charge on any atom is 0.248 e. The molecular weight excluding hydrogens is 536 g/mol. The number of hydrogen-bond acceptors (Lipinski definition) is 6. The lowest BCUT2D eigenvalue weighted by atomic mass is 9.40. The van der Waals surface area contributed by atoms with Crippen LogP contribution in [0, 0.1) is 61.6 Å². The molecule has 0 radical (unpaired) electrons. The van der Waals surface area contributed by atoms with E-state index < -0.39 is 40.1 Å². The van der Waals surface area contributed by atoms with Crippen molar-refractivity contribution in [3.8, 4) is 24.3 Å². The maximum absolute atomic E-state index is 15.3. The van der Waals surface area contributed by atoms with E-state index in [4.69, 9.17) is 0 Å². The predicted molar refractivity (Wildman–Crippen MR) is 156 cm³/mol. The van der Waals surface area contributed by atoms with Crippen molar-refractivity contribution in [3.05, 3.63) is 132 Å². The van der Waals surface area contributed by atoms with Gasteiger partial charge in [0.15, 0.2) is 11.1 Å². The fraction of sp³-hybridized carbons (Fsp3) is 0.143. The van der Waals surface area contributed by atoms with E-state index in [2.05, 4.69) is 12.1 Å². The molecule has 7 rings (SSSR count). The molecule has 0 saturated carbocycles. The largest absolute Gasteiger partial charge is 0.280 e. The van der Waals surface area contributed by atoms with Crippen LogP contribution >= 0.6 is 0 Å². The molecule has 0 unspecified atom stereocenters. The molecular formula is C35H22N6O2. The van der Waals surface area contributed by atoms with E-state index in [1.807, 2.05) is 12.1 Å². The number of nitriles is 4. The van der Waals surface area contributed by atoms with Crippen LogP contribution in [0.4, 0.5) is 11.4 Å². The molecule has 8 heteroatoms. The van der Waals surface area contributed by atoms with Gasteiger partial charge in [0, 0.05) is 16.9 Å². The summed E-state index contributed by atoms with van der Waals surface area (Å²) in [6.07, 6.45) is -0.394. The van der Waals surface area contributed by atoms with E-state index in [1.165, 1.54) is 9.80 Å². The molecule has 2 amide bonds. The minimum atomic E-state index is -2.72. The minimum absolute atomic E-state index is 0.218. The number of amides is 2. The molecule has 204 valence electrons. The zero-order valence-electron chi connectivity index (χ0n) is 22.8. The lowest BCUT2D eigenvalue weighted by Gasteiger charge is -2.70. The standard InChI is InChI=1S/C35H22N6O2/c36-22-32(23-37)33(24-38,25-39)35(27-15-7-2-8-16-27)40(28-17-9-3-10-18-28)30(42)34(32,21-26-13-5-1-6-14-26)31(43)41(35)29-19-11-4-12-20-29/h1-20H,21H2. The number of rotatable bonds is 5. The predicted octanol–water partition coefficient (Wildman–Crippen LogP) is 5.23. The quantitative estimate of drug-likeness (QED) is 0.308. The normalized spacial score (nSPS) is 23.0. The summed E-state index contributed by atoms with van der Waals surface area (Å²) in [4.78, 5) is 33.2. The van der Waals surface area contributed by atoms with E-state index >= 15 is 9.59 Å². The number of carbonyl (C=O) groups is 2. The van der Waals surface area contributed by atoms with Gasteiger partial charge in [0.1, 0.15) is 0 Å². The Labute approximate surface area is 248 Å². The van der Waals surface area contributed by atoms with Crippen molar-refractivity contribution in [1.82, 2.24) is 0 Å². The fourth-order valence-electron chi connectivity index (χ4n) is 6.93. The summed E-state index contributed by atoms with van der Waals surface area (Å²) >= 11 is 0. The van der Waals surface area contributed by atoms with Gasteiger partial charge in [-0.25, -0.2) is 0 Å². The number of anilines is 2. The van der Waals surface area contributed by atoms with Crippen molar-refractivity contribution in [1.29, 1.82) is 21.0 Å². The minimum Gasteiger partial charge on any atom is -0.280 e. The second-order valence-corrected chi connectivity index (χ2v) is 10.5. The van der Waals surface area contributed by atoms with Gasteiger partial charge in [-0.2, -0.15) is 21.0 Å². The monoisotopic (exact) mass is 558 g/mol. The summed E-state index contributed by atoms with van der Waals surface area (Å²) < 4.78 is 0. The SMILES string of the molecule is N#CC1(C#N)C2(Cc3ccccc3)C(=O)N(c3ccccc3)C(c3ccccc3)(N(c3ccccc3)C2=O)C1(C#N)C#N. The van der Waals surface area contributed by atoms with Gasteiger partial charge in [-0.3, -0.25) is 19.4 Å². The number of fused-ring (bicyclic) bond motifs is 3. The first-order valence-electron chi connectivity index (χ1n) is 13.5. The topological polar surface area (TPSA) is 136 Å². The van der Waals surface area contributed by atoms with Crippen molar-refractivity contribution in [2.45, 2.75) is 12.1 Å². The molecule has 3 aliphatic heterocycles. The molecule has 0 spiro atoms. The highest BCUT2D eigenvalue weighted by Gasteiger charge is 2.91. The average molecular weight is 559 g/mol. The first kappa shape index (κ1) is 27.0. The molecule has 3 aliphatic rings. The number of para-hydroxylation sites is 2. The Balaban J connectivity index is 1.90. The van der Waals surface area contributed by atoms with Crippen LogP contribution in [0.5, 0.6) is 0 Å². The lowest BCUT2D eigenvalue weighted by Crippen LogP contribution is -2.89. The smallest absolute Gasteiger partial charge is 0.248 e. The van der Waals surface area contributed by atoms with E-state index in [9.17, 15) is 21.0 Å². The Hall–Kier alpha value is -6.22. The van der Waals surface area contributed by atoms with Crippen LogP contribution in [-0.4, -0.2) is 11.8 Å². The zero-order valence-corrected chi connectivity index (χ0v) is 22.8. The van der Waals surface area contributed by atoms with Gasteiger partial charge in [0.2, 0.25) is 22.6 Å². The third-order valence-corrected chi connectivity index (χ3v) is 8.70. The Kier molecular flexibility index (Phi) is 6.09. The van der Waals surface area contributed by atoms with Gasteiger partial charge in [-0.1, -0.05) is 97.1 Å². The molecule has 8 nitrogen and oxygen atoms in total. The van der Waals surface area contributed by atoms with E-state index in [0.717, 1.165) is 0 Å². The van der Waals surface area contributed by atoms with Gasteiger partial charge in [-0.15, -0.1) is 0 Å². The molecule has 0 atom stereocenters. The number of carbonyl (C=O) groups excluding carboxylic acids is 2.